The van der Waals surface area contributed by atoms with Gasteiger partial charge in [-0.2, -0.15) is 0 Å². The summed E-state index contributed by atoms with van der Waals surface area (Å²) in [5.41, 5.74) is 1.46. The number of anilines is 1. The zero-order chi connectivity index (χ0) is 21.4. The van der Waals surface area contributed by atoms with E-state index in [4.69, 9.17) is 9.47 Å². The van der Waals surface area contributed by atoms with E-state index in [9.17, 15) is 13.2 Å². The molecule has 2 rings (SSSR count). The largest absolute Gasteiger partial charge is 0.497 e. The highest BCUT2D eigenvalue weighted by atomic mass is 32.2. The molecule has 0 bridgehead atoms. The third kappa shape index (κ3) is 6.39. The van der Waals surface area contributed by atoms with E-state index in [1.807, 2.05) is 24.3 Å². The summed E-state index contributed by atoms with van der Waals surface area (Å²) in [4.78, 5) is 14.1. The number of amides is 1. The van der Waals surface area contributed by atoms with Gasteiger partial charge >= 0.3 is 0 Å². The molecule has 29 heavy (non-hydrogen) atoms. The number of hydrogen-bond acceptors (Lipinski definition) is 5. The van der Waals surface area contributed by atoms with E-state index in [1.165, 1.54) is 11.4 Å². The second-order valence-corrected chi connectivity index (χ2v) is 8.62. The SMILES string of the molecule is COc1ccc(CN(C)C(=O)CCCN(c2ccccc2OC)S(C)(=O)=O)cc1. The molecule has 0 saturated heterocycles. The first-order valence-corrected chi connectivity index (χ1v) is 11.1. The van der Waals surface area contributed by atoms with E-state index in [2.05, 4.69) is 0 Å². The molecule has 0 aliphatic heterocycles. The Morgan fingerprint density at radius 1 is 1.00 bits per heavy atom. The Morgan fingerprint density at radius 2 is 1.66 bits per heavy atom. The second kappa shape index (κ2) is 10.2. The first kappa shape index (κ1) is 22.5. The Labute approximate surface area is 172 Å². The molecule has 7 nitrogen and oxygen atoms in total. The van der Waals surface area contributed by atoms with Crippen LogP contribution in [0.1, 0.15) is 18.4 Å². The minimum Gasteiger partial charge on any atom is -0.497 e. The Hall–Kier alpha value is -2.74. The third-order valence-corrected chi connectivity index (χ3v) is 5.69. The van der Waals surface area contributed by atoms with Crippen molar-refractivity contribution in [2.75, 3.05) is 38.4 Å². The average molecular weight is 421 g/mol. The number of para-hydroxylation sites is 2. The lowest BCUT2D eigenvalue weighted by Gasteiger charge is -2.24. The monoisotopic (exact) mass is 420 g/mol. The van der Waals surface area contributed by atoms with Gasteiger partial charge in [-0.1, -0.05) is 24.3 Å². The molecule has 0 aliphatic rings. The summed E-state index contributed by atoms with van der Waals surface area (Å²) in [5.74, 6) is 1.19. The summed E-state index contributed by atoms with van der Waals surface area (Å²) in [6.07, 6.45) is 1.79. The normalized spacial score (nSPS) is 11.0. The van der Waals surface area contributed by atoms with Gasteiger partial charge in [0.05, 0.1) is 26.2 Å². The molecule has 8 heteroatoms. The number of benzene rings is 2. The number of methoxy groups -OCH3 is 2. The Balaban J connectivity index is 1.96. The molecule has 0 aliphatic carbocycles. The number of sulfonamides is 1. The van der Waals surface area contributed by atoms with Gasteiger partial charge in [0.25, 0.3) is 0 Å². The molecule has 2 aromatic carbocycles. The lowest BCUT2D eigenvalue weighted by Crippen LogP contribution is -2.32. The molecule has 0 fully saturated rings. The van der Waals surface area contributed by atoms with Crippen LogP contribution in [0.4, 0.5) is 5.69 Å². The van der Waals surface area contributed by atoms with Crippen molar-refractivity contribution in [3.63, 3.8) is 0 Å². The van der Waals surface area contributed by atoms with Crippen LogP contribution in [0.15, 0.2) is 48.5 Å². The van der Waals surface area contributed by atoms with Crippen molar-refractivity contribution in [3.05, 3.63) is 54.1 Å². The molecule has 0 atom stereocenters. The van der Waals surface area contributed by atoms with Gasteiger partial charge in [0, 0.05) is 26.6 Å². The maximum absolute atomic E-state index is 12.5. The molecule has 0 saturated carbocycles. The second-order valence-electron chi connectivity index (χ2n) is 6.71. The van der Waals surface area contributed by atoms with E-state index in [1.54, 1.807) is 43.3 Å². The molecule has 0 N–H and O–H groups in total. The van der Waals surface area contributed by atoms with Crippen LogP contribution in [0, 0.1) is 0 Å². The first-order valence-electron chi connectivity index (χ1n) is 9.24. The molecular weight excluding hydrogens is 392 g/mol. The summed E-state index contributed by atoms with van der Waals surface area (Å²) < 4.78 is 36.2. The van der Waals surface area contributed by atoms with Crippen LogP contribution in [0.5, 0.6) is 11.5 Å². The standard InChI is InChI=1S/C21H28N2O5S/c1-22(16-17-11-13-18(27-2)14-12-17)21(24)10-7-15-23(29(4,25)26)19-8-5-6-9-20(19)28-3/h5-6,8-9,11-14H,7,10,15-16H2,1-4H3. The van der Waals surface area contributed by atoms with Crippen LogP contribution >= 0.6 is 0 Å². The number of rotatable bonds is 10. The predicted molar refractivity (Wildman–Crippen MR) is 114 cm³/mol. The summed E-state index contributed by atoms with van der Waals surface area (Å²) in [6, 6.07) is 14.5. The summed E-state index contributed by atoms with van der Waals surface area (Å²) >= 11 is 0. The fourth-order valence-electron chi connectivity index (χ4n) is 2.96. The summed E-state index contributed by atoms with van der Waals surface area (Å²) in [6.45, 7) is 0.673. The maximum atomic E-state index is 12.5. The zero-order valence-corrected chi connectivity index (χ0v) is 18.1. The van der Waals surface area contributed by atoms with Crippen molar-refractivity contribution in [1.29, 1.82) is 0 Å². The third-order valence-electron chi connectivity index (χ3n) is 4.51. The quantitative estimate of drug-likeness (QED) is 0.591. The first-order chi connectivity index (χ1) is 13.8. The van der Waals surface area contributed by atoms with Gasteiger partial charge in [-0.05, 0) is 36.2 Å². The van der Waals surface area contributed by atoms with Crippen molar-refractivity contribution >= 4 is 21.6 Å². The highest BCUT2D eigenvalue weighted by Crippen LogP contribution is 2.29. The van der Waals surface area contributed by atoms with Crippen LogP contribution in [0.3, 0.4) is 0 Å². The van der Waals surface area contributed by atoms with Gasteiger partial charge in [-0.3, -0.25) is 9.10 Å². The van der Waals surface area contributed by atoms with Crippen LogP contribution in [0.2, 0.25) is 0 Å². The van der Waals surface area contributed by atoms with Crippen LogP contribution in [-0.2, 0) is 21.4 Å². The lowest BCUT2D eigenvalue weighted by molar-refractivity contribution is -0.130. The fourth-order valence-corrected chi connectivity index (χ4v) is 3.93. The molecule has 0 aromatic heterocycles. The summed E-state index contributed by atoms with van der Waals surface area (Å²) in [5, 5.41) is 0. The average Bonchev–Trinajstić information content (AvgIpc) is 2.70. The Morgan fingerprint density at radius 3 is 2.24 bits per heavy atom. The lowest BCUT2D eigenvalue weighted by atomic mass is 10.2. The van der Waals surface area contributed by atoms with Crippen molar-refractivity contribution in [2.45, 2.75) is 19.4 Å². The van der Waals surface area contributed by atoms with Gasteiger partial charge < -0.3 is 14.4 Å². The molecule has 1 amide bonds. The van der Waals surface area contributed by atoms with E-state index >= 15 is 0 Å². The van der Waals surface area contributed by atoms with E-state index in [-0.39, 0.29) is 18.9 Å². The Bertz CT molecular complexity index is 913. The minimum atomic E-state index is -3.51. The van der Waals surface area contributed by atoms with Crippen LogP contribution in [0.25, 0.3) is 0 Å². The highest BCUT2D eigenvalue weighted by molar-refractivity contribution is 7.92. The smallest absolute Gasteiger partial charge is 0.232 e. The van der Waals surface area contributed by atoms with E-state index in [0.717, 1.165) is 17.6 Å². The van der Waals surface area contributed by atoms with Gasteiger partial charge in [-0.25, -0.2) is 8.42 Å². The van der Waals surface area contributed by atoms with Crippen molar-refractivity contribution in [2.24, 2.45) is 0 Å². The fraction of sp³-hybridized carbons (Fsp3) is 0.381. The molecule has 0 radical (unpaired) electrons. The maximum Gasteiger partial charge on any atom is 0.232 e. The number of ether oxygens (including phenoxy) is 2. The van der Waals surface area contributed by atoms with Gasteiger partial charge in [-0.15, -0.1) is 0 Å². The van der Waals surface area contributed by atoms with Crippen LogP contribution < -0.4 is 13.8 Å². The van der Waals surface area contributed by atoms with E-state index < -0.39 is 10.0 Å². The highest BCUT2D eigenvalue weighted by Gasteiger charge is 2.21. The van der Waals surface area contributed by atoms with Gasteiger partial charge in [0.2, 0.25) is 15.9 Å². The predicted octanol–water partition coefficient (Wildman–Crippen LogP) is 2.91. The molecule has 0 unspecified atom stereocenters. The molecule has 0 heterocycles. The van der Waals surface area contributed by atoms with E-state index in [0.29, 0.717) is 24.4 Å². The van der Waals surface area contributed by atoms with Crippen LogP contribution in [-0.4, -0.2) is 53.3 Å². The van der Waals surface area contributed by atoms with Crippen molar-refractivity contribution in [1.82, 2.24) is 4.90 Å². The Kier molecular flexibility index (Phi) is 7.90. The topological polar surface area (TPSA) is 76.2 Å². The molecule has 2 aromatic rings. The number of carbonyl (C=O) groups excluding carboxylic acids is 1. The number of carbonyl (C=O) groups is 1. The molecule has 158 valence electrons. The zero-order valence-electron chi connectivity index (χ0n) is 17.3. The van der Waals surface area contributed by atoms with Gasteiger partial charge in [0.15, 0.2) is 0 Å². The van der Waals surface area contributed by atoms with Crippen molar-refractivity contribution < 1.29 is 22.7 Å². The molecule has 0 spiro atoms. The number of hydrogen-bond donors (Lipinski definition) is 0. The minimum absolute atomic E-state index is 0.0469. The van der Waals surface area contributed by atoms with Crippen molar-refractivity contribution in [3.8, 4) is 11.5 Å². The summed E-state index contributed by atoms with van der Waals surface area (Å²) in [7, 11) is 1.33. The van der Waals surface area contributed by atoms with Gasteiger partial charge in [0.1, 0.15) is 11.5 Å². The molecular formula is C21H28N2O5S. The number of nitrogens with zero attached hydrogens (tertiary/aromatic N) is 2.